The molecule has 0 fully saturated rings. The summed E-state index contributed by atoms with van der Waals surface area (Å²) >= 11 is 0. The lowest BCUT2D eigenvalue weighted by atomic mass is 10.2. The van der Waals surface area contributed by atoms with E-state index in [0.717, 1.165) is 0 Å². The summed E-state index contributed by atoms with van der Waals surface area (Å²) in [5, 5.41) is 11.3. The van der Waals surface area contributed by atoms with Crippen molar-refractivity contribution in [1.82, 2.24) is 4.72 Å². The Morgan fingerprint density at radius 1 is 1.11 bits per heavy atom. The van der Waals surface area contributed by atoms with Crippen LogP contribution in [0.15, 0.2) is 59.5 Å². The fraction of sp³-hybridized carbons (Fsp3) is 0.167. The predicted octanol–water partition coefficient (Wildman–Crippen LogP) is 1.41. The maximum absolute atomic E-state index is 12.1. The molecule has 2 rings (SSSR count). The van der Waals surface area contributed by atoms with Gasteiger partial charge in [-0.15, -0.1) is 0 Å². The molecule has 8 nitrogen and oxygen atoms in total. The number of nitrogens with one attached hydrogen (secondary N) is 2. The van der Waals surface area contributed by atoms with Crippen molar-refractivity contribution in [2.45, 2.75) is 17.9 Å². The first-order chi connectivity index (χ1) is 12.8. The van der Waals surface area contributed by atoms with Crippen molar-refractivity contribution in [3.8, 4) is 6.07 Å². The minimum Gasteiger partial charge on any atom is -0.452 e. The summed E-state index contributed by atoms with van der Waals surface area (Å²) < 4.78 is 31.3. The Kier molecular flexibility index (Phi) is 6.65. The Bertz CT molecular complexity index is 951. The molecular formula is C18H17N3O5S. The summed E-state index contributed by atoms with van der Waals surface area (Å²) in [5.41, 5.74) is 0.860. The largest absolute Gasteiger partial charge is 0.452 e. The van der Waals surface area contributed by atoms with Crippen molar-refractivity contribution in [2.75, 3.05) is 11.9 Å². The molecule has 140 valence electrons. The number of carbonyl (C=O) groups is 2. The van der Waals surface area contributed by atoms with Crippen LogP contribution in [0.1, 0.15) is 12.5 Å². The molecule has 27 heavy (non-hydrogen) atoms. The van der Waals surface area contributed by atoms with E-state index in [9.17, 15) is 18.0 Å². The van der Waals surface area contributed by atoms with Crippen LogP contribution >= 0.6 is 0 Å². The molecule has 0 aliphatic rings. The van der Waals surface area contributed by atoms with Crippen molar-refractivity contribution >= 4 is 27.6 Å². The molecule has 2 aromatic carbocycles. The fourth-order valence-corrected chi connectivity index (χ4v) is 2.97. The van der Waals surface area contributed by atoms with E-state index in [1.54, 1.807) is 30.3 Å². The Hall–Kier alpha value is -3.22. The highest BCUT2D eigenvalue weighted by Gasteiger charge is 2.20. The summed E-state index contributed by atoms with van der Waals surface area (Å²) in [6, 6.07) is 15.7. The van der Waals surface area contributed by atoms with E-state index in [1.165, 1.54) is 31.2 Å². The van der Waals surface area contributed by atoms with Gasteiger partial charge >= 0.3 is 5.97 Å². The van der Waals surface area contributed by atoms with Crippen LogP contribution in [0.2, 0.25) is 0 Å². The number of benzene rings is 2. The highest BCUT2D eigenvalue weighted by atomic mass is 32.2. The van der Waals surface area contributed by atoms with E-state index >= 15 is 0 Å². The number of nitrogens with zero attached hydrogens (tertiary/aromatic N) is 1. The van der Waals surface area contributed by atoms with Gasteiger partial charge in [0.2, 0.25) is 10.0 Å². The summed E-state index contributed by atoms with van der Waals surface area (Å²) in [7, 11) is -3.95. The normalized spacial score (nSPS) is 11.9. The van der Waals surface area contributed by atoms with E-state index in [4.69, 9.17) is 10.00 Å². The summed E-state index contributed by atoms with van der Waals surface area (Å²) in [6.07, 6.45) is -1.10. The lowest BCUT2D eigenvalue weighted by molar-refractivity contribution is -0.151. The van der Waals surface area contributed by atoms with Crippen LogP contribution in [-0.2, 0) is 24.3 Å². The van der Waals surface area contributed by atoms with Crippen LogP contribution in [-0.4, -0.2) is 32.9 Å². The number of esters is 1. The first-order valence-electron chi connectivity index (χ1n) is 7.87. The number of rotatable bonds is 7. The Morgan fingerprint density at radius 3 is 2.33 bits per heavy atom. The topological polar surface area (TPSA) is 125 Å². The van der Waals surface area contributed by atoms with E-state index < -0.39 is 34.5 Å². The second-order valence-electron chi connectivity index (χ2n) is 5.45. The van der Waals surface area contributed by atoms with Gasteiger partial charge in [-0.1, -0.05) is 18.2 Å². The van der Waals surface area contributed by atoms with Gasteiger partial charge in [-0.25, -0.2) is 8.42 Å². The van der Waals surface area contributed by atoms with Crippen molar-refractivity contribution in [2.24, 2.45) is 0 Å². The van der Waals surface area contributed by atoms with E-state index in [1.807, 2.05) is 6.07 Å². The van der Waals surface area contributed by atoms with Gasteiger partial charge in [0.1, 0.15) is 6.54 Å². The van der Waals surface area contributed by atoms with Gasteiger partial charge in [0.05, 0.1) is 16.5 Å². The van der Waals surface area contributed by atoms with E-state index in [-0.39, 0.29) is 4.90 Å². The molecular weight excluding hydrogens is 370 g/mol. The summed E-state index contributed by atoms with van der Waals surface area (Å²) in [6.45, 7) is 0.747. The second kappa shape index (κ2) is 8.93. The molecule has 0 heterocycles. The molecule has 1 amide bonds. The molecule has 9 heteroatoms. The number of amides is 1. The number of hydrogen-bond acceptors (Lipinski definition) is 6. The molecule has 0 bridgehead atoms. The van der Waals surface area contributed by atoms with Crippen molar-refractivity contribution in [1.29, 1.82) is 5.26 Å². The molecule has 0 spiro atoms. The molecule has 0 saturated heterocycles. The number of ether oxygens (including phenoxy) is 1. The highest BCUT2D eigenvalue weighted by Crippen LogP contribution is 2.10. The number of nitriles is 1. The standard InChI is InChI=1S/C18H17N3O5S/c1-13(18(23)21-15-5-3-2-4-6-15)26-17(22)12-20-27(24,25)16-9-7-14(11-19)8-10-16/h2-10,13,20H,12H2,1H3,(H,21,23)/t13-/m0/s1. The Balaban J connectivity index is 1.87. The lowest BCUT2D eigenvalue weighted by Crippen LogP contribution is -2.35. The smallest absolute Gasteiger partial charge is 0.321 e. The lowest BCUT2D eigenvalue weighted by Gasteiger charge is -2.14. The van der Waals surface area contributed by atoms with E-state index in [0.29, 0.717) is 11.3 Å². The van der Waals surface area contributed by atoms with Crippen LogP contribution in [0.5, 0.6) is 0 Å². The number of carbonyl (C=O) groups excluding carboxylic acids is 2. The SMILES string of the molecule is C[C@H](OC(=O)CNS(=O)(=O)c1ccc(C#N)cc1)C(=O)Nc1ccccc1. The highest BCUT2D eigenvalue weighted by molar-refractivity contribution is 7.89. The minimum absolute atomic E-state index is 0.0934. The van der Waals surface area contributed by atoms with Gasteiger partial charge in [-0.3, -0.25) is 9.59 Å². The van der Waals surface area contributed by atoms with Crippen molar-refractivity contribution < 1.29 is 22.7 Å². The minimum atomic E-state index is -3.95. The van der Waals surface area contributed by atoms with Crippen LogP contribution in [0.4, 0.5) is 5.69 Å². The number of anilines is 1. The number of hydrogen-bond donors (Lipinski definition) is 2. The maximum Gasteiger partial charge on any atom is 0.321 e. The third-order valence-electron chi connectivity index (χ3n) is 3.42. The predicted molar refractivity (Wildman–Crippen MR) is 97.0 cm³/mol. The average Bonchev–Trinajstić information content (AvgIpc) is 2.67. The molecule has 0 radical (unpaired) electrons. The van der Waals surface area contributed by atoms with E-state index in [2.05, 4.69) is 10.0 Å². The third-order valence-corrected chi connectivity index (χ3v) is 4.84. The van der Waals surface area contributed by atoms with Crippen LogP contribution in [0, 0.1) is 11.3 Å². The van der Waals surface area contributed by atoms with Crippen LogP contribution in [0.3, 0.4) is 0 Å². The maximum atomic E-state index is 12.1. The quantitative estimate of drug-likeness (QED) is 0.692. The summed E-state index contributed by atoms with van der Waals surface area (Å²) in [4.78, 5) is 23.7. The van der Waals surface area contributed by atoms with Gasteiger partial charge in [0.25, 0.3) is 5.91 Å². The molecule has 2 N–H and O–H groups in total. The Labute approximate surface area is 156 Å². The molecule has 0 unspecified atom stereocenters. The van der Waals surface area contributed by atoms with Crippen LogP contribution < -0.4 is 10.0 Å². The van der Waals surface area contributed by atoms with Crippen molar-refractivity contribution in [3.05, 3.63) is 60.2 Å². The zero-order valence-electron chi connectivity index (χ0n) is 14.4. The van der Waals surface area contributed by atoms with Gasteiger partial charge < -0.3 is 10.1 Å². The number of para-hydroxylation sites is 1. The average molecular weight is 387 g/mol. The number of sulfonamides is 1. The molecule has 1 atom stereocenters. The monoisotopic (exact) mass is 387 g/mol. The zero-order chi connectivity index (χ0) is 19.9. The van der Waals surface area contributed by atoms with Gasteiger partial charge in [0.15, 0.2) is 6.10 Å². The van der Waals surface area contributed by atoms with Gasteiger partial charge in [-0.05, 0) is 43.3 Å². The molecule has 0 aliphatic carbocycles. The van der Waals surface area contributed by atoms with Crippen molar-refractivity contribution in [3.63, 3.8) is 0 Å². The Morgan fingerprint density at radius 2 is 1.74 bits per heavy atom. The third kappa shape index (κ3) is 5.91. The zero-order valence-corrected chi connectivity index (χ0v) is 15.2. The second-order valence-corrected chi connectivity index (χ2v) is 7.22. The molecule has 2 aromatic rings. The molecule has 0 aliphatic heterocycles. The molecule has 0 aromatic heterocycles. The first kappa shape index (κ1) is 20.1. The first-order valence-corrected chi connectivity index (χ1v) is 9.35. The van der Waals surface area contributed by atoms with Crippen LogP contribution in [0.25, 0.3) is 0 Å². The molecule has 0 saturated carbocycles. The van der Waals surface area contributed by atoms with Gasteiger partial charge in [0, 0.05) is 5.69 Å². The van der Waals surface area contributed by atoms with Gasteiger partial charge in [-0.2, -0.15) is 9.98 Å². The fourth-order valence-electron chi connectivity index (χ4n) is 2.00. The summed E-state index contributed by atoms with van der Waals surface area (Å²) in [5.74, 6) is -1.44.